The minimum Gasteiger partial charge on any atom is -0.380 e. The molecular weight excluding hydrogens is 276 g/mol. The zero-order valence-corrected chi connectivity index (χ0v) is 13.6. The average molecular weight is 298 g/mol. The van der Waals surface area contributed by atoms with Gasteiger partial charge in [0, 0.05) is 19.1 Å². The first-order valence-corrected chi connectivity index (χ1v) is 7.26. The van der Waals surface area contributed by atoms with Gasteiger partial charge in [-0.15, -0.1) is 5.73 Å². The lowest BCUT2D eigenvalue weighted by Crippen LogP contribution is -2.52. The molecule has 1 aromatic carbocycles. The quantitative estimate of drug-likeness (QED) is 0.871. The zero-order chi connectivity index (χ0) is 16.5. The van der Waals surface area contributed by atoms with Gasteiger partial charge in [-0.1, -0.05) is 36.9 Å². The Labute approximate surface area is 131 Å². The molecule has 0 saturated carbocycles. The molecule has 1 N–H and O–H groups in total. The molecule has 22 heavy (non-hydrogen) atoms. The van der Waals surface area contributed by atoms with Crippen LogP contribution in [0.25, 0.3) is 0 Å². The Morgan fingerprint density at radius 2 is 1.91 bits per heavy atom. The highest BCUT2D eigenvalue weighted by atomic mass is 16.5. The minimum atomic E-state index is -1.29. The van der Waals surface area contributed by atoms with Crippen molar-refractivity contribution in [2.45, 2.75) is 38.4 Å². The maximum absolute atomic E-state index is 12.9. The monoisotopic (exact) mass is 298 g/mol. The summed E-state index contributed by atoms with van der Waals surface area (Å²) in [6, 6.07) is 9.30. The Balaban J connectivity index is 2.74. The number of hydrogen-bond donors (Lipinski definition) is 1. The van der Waals surface area contributed by atoms with Gasteiger partial charge >= 0.3 is 0 Å². The van der Waals surface area contributed by atoms with Gasteiger partial charge in [-0.05, 0) is 37.5 Å². The van der Waals surface area contributed by atoms with Crippen molar-refractivity contribution in [3.05, 3.63) is 64.9 Å². The molecule has 3 heteroatoms. The summed E-state index contributed by atoms with van der Waals surface area (Å²) in [5.74, 6) is -0.111. The fraction of sp³-hybridized carbons (Fsp3) is 0.368. The molecule has 1 aliphatic rings. The number of benzene rings is 1. The van der Waals surface area contributed by atoms with Crippen molar-refractivity contribution in [2.75, 3.05) is 7.11 Å². The maximum atomic E-state index is 12.9. The average Bonchev–Trinajstić information content (AvgIpc) is 2.56. The van der Waals surface area contributed by atoms with Crippen molar-refractivity contribution in [1.29, 1.82) is 0 Å². The molecule has 0 fully saturated rings. The van der Waals surface area contributed by atoms with E-state index in [0.717, 1.165) is 5.56 Å². The highest BCUT2D eigenvalue weighted by molar-refractivity contribution is 6.04. The van der Waals surface area contributed by atoms with Crippen LogP contribution in [0.1, 0.15) is 32.8 Å². The van der Waals surface area contributed by atoms with Crippen LogP contribution in [0.4, 0.5) is 0 Å². The van der Waals surface area contributed by atoms with Crippen molar-refractivity contribution >= 4 is 5.78 Å². The van der Waals surface area contributed by atoms with Gasteiger partial charge in [0.1, 0.15) is 5.60 Å². The standard InChI is InChI=1S/C19H22O3/c1-6-13(2)18(21)12-19(22-5,16-10-8-7-9-11-16)17(20)14(3)15(18)4/h7-11,21H,1,12H2,2-5H3/t18-,19+/m1/s1. The van der Waals surface area contributed by atoms with Crippen LogP contribution in [0.5, 0.6) is 0 Å². The second-order valence-electron chi connectivity index (χ2n) is 5.82. The fourth-order valence-electron chi connectivity index (χ4n) is 3.14. The highest BCUT2D eigenvalue weighted by Crippen LogP contribution is 2.47. The van der Waals surface area contributed by atoms with E-state index in [1.54, 1.807) is 20.8 Å². The molecule has 1 aliphatic carbocycles. The lowest BCUT2D eigenvalue weighted by Gasteiger charge is -2.44. The van der Waals surface area contributed by atoms with Gasteiger partial charge in [-0.2, -0.15) is 0 Å². The largest absolute Gasteiger partial charge is 0.380 e. The van der Waals surface area contributed by atoms with E-state index >= 15 is 0 Å². The number of ether oxygens (including phenoxy) is 1. The first-order chi connectivity index (χ1) is 10.3. The number of ketones is 1. The molecule has 0 saturated heterocycles. The van der Waals surface area contributed by atoms with Gasteiger partial charge < -0.3 is 9.84 Å². The lowest BCUT2D eigenvalue weighted by molar-refractivity contribution is -0.147. The van der Waals surface area contributed by atoms with Crippen LogP contribution in [0.2, 0.25) is 0 Å². The summed E-state index contributed by atoms with van der Waals surface area (Å²) in [4.78, 5) is 12.9. The fourth-order valence-corrected chi connectivity index (χ4v) is 3.14. The van der Waals surface area contributed by atoms with E-state index in [-0.39, 0.29) is 12.2 Å². The summed E-state index contributed by atoms with van der Waals surface area (Å²) >= 11 is 0. The second kappa shape index (κ2) is 5.69. The van der Waals surface area contributed by atoms with Crippen molar-refractivity contribution in [2.24, 2.45) is 0 Å². The summed E-state index contributed by atoms with van der Waals surface area (Å²) in [5, 5.41) is 11.2. The highest BCUT2D eigenvalue weighted by Gasteiger charge is 2.53. The number of methoxy groups -OCH3 is 1. The van der Waals surface area contributed by atoms with Crippen LogP contribution in [-0.4, -0.2) is 23.6 Å². The van der Waals surface area contributed by atoms with E-state index in [4.69, 9.17) is 4.74 Å². The van der Waals surface area contributed by atoms with E-state index in [9.17, 15) is 9.90 Å². The SMILES string of the molecule is C=C=C(C)[C@]1(O)C[C@](OC)(c2ccccc2)C(=O)C(C)=C1C. The Kier molecular flexibility index (Phi) is 4.25. The number of Topliss-reactive ketones (excluding diaryl/α,β-unsaturated/α-hetero) is 1. The number of hydrogen-bond acceptors (Lipinski definition) is 3. The molecule has 0 spiro atoms. The third-order valence-electron chi connectivity index (χ3n) is 4.87. The number of carbonyl (C=O) groups excluding carboxylic acids is 1. The van der Waals surface area contributed by atoms with E-state index < -0.39 is 11.2 Å². The molecule has 0 heterocycles. The molecular formula is C19H22O3. The smallest absolute Gasteiger partial charge is 0.195 e. The minimum absolute atomic E-state index is 0.111. The molecule has 0 aliphatic heterocycles. The van der Waals surface area contributed by atoms with Crippen LogP contribution in [0, 0.1) is 0 Å². The van der Waals surface area contributed by atoms with Crippen molar-refractivity contribution in [3.63, 3.8) is 0 Å². The second-order valence-corrected chi connectivity index (χ2v) is 5.82. The molecule has 116 valence electrons. The molecule has 0 aromatic heterocycles. The third kappa shape index (κ3) is 2.19. The number of aliphatic hydroxyl groups is 1. The molecule has 0 amide bonds. The first kappa shape index (κ1) is 16.4. The van der Waals surface area contributed by atoms with Gasteiger partial charge in [0.15, 0.2) is 11.4 Å². The van der Waals surface area contributed by atoms with Gasteiger partial charge in [-0.3, -0.25) is 4.79 Å². The van der Waals surface area contributed by atoms with Gasteiger partial charge in [0.2, 0.25) is 0 Å². The molecule has 2 atom stereocenters. The van der Waals surface area contributed by atoms with Crippen LogP contribution in [-0.2, 0) is 15.1 Å². The Morgan fingerprint density at radius 3 is 2.41 bits per heavy atom. The molecule has 2 rings (SSSR count). The number of carbonyl (C=O) groups is 1. The van der Waals surface area contributed by atoms with Gasteiger partial charge in [0.25, 0.3) is 0 Å². The van der Waals surface area contributed by atoms with Crippen LogP contribution >= 0.6 is 0 Å². The summed E-state index contributed by atoms with van der Waals surface area (Å²) in [6.07, 6.45) is 0.122. The third-order valence-corrected chi connectivity index (χ3v) is 4.87. The van der Waals surface area contributed by atoms with Crippen LogP contribution in [0.15, 0.2) is 59.4 Å². The Hall–Kier alpha value is -1.93. The van der Waals surface area contributed by atoms with Gasteiger partial charge in [-0.25, -0.2) is 0 Å². The van der Waals surface area contributed by atoms with E-state index in [2.05, 4.69) is 12.3 Å². The summed E-state index contributed by atoms with van der Waals surface area (Å²) in [7, 11) is 1.51. The zero-order valence-electron chi connectivity index (χ0n) is 13.6. The summed E-state index contributed by atoms with van der Waals surface area (Å²) < 4.78 is 5.68. The predicted octanol–water partition coefficient (Wildman–Crippen LogP) is 3.30. The van der Waals surface area contributed by atoms with Crippen molar-refractivity contribution in [1.82, 2.24) is 0 Å². The van der Waals surface area contributed by atoms with E-state index in [1.807, 2.05) is 30.3 Å². The molecule has 0 bridgehead atoms. The normalized spacial score (nSPS) is 28.5. The van der Waals surface area contributed by atoms with Crippen LogP contribution in [0.3, 0.4) is 0 Å². The van der Waals surface area contributed by atoms with Crippen molar-refractivity contribution < 1.29 is 14.6 Å². The van der Waals surface area contributed by atoms with Crippen LogP contribution < -0.4 is 0 Å². The van der Waals surface area contributed by atoms with E-state index in [1.165, 1.54) is 7.11 Å². The molecule has 1 aromatic rings. The Morgan fingerprint density at radius 1 is 1.32 bits per heavy atom. The maximum Gasteiger partial charge on any atom is 0.195 e. The number of rotatable bonds is 3. The molecule has 0 radical (unpaired) electrons. The summed E-state index contributed by atoms with van der Waals surface area (Å²) in [5.41, 5.74) is 2.78. The molecule has 3 nitrogen and oxygen atoms in total. The topological polar surface area (TPSA) is 46.5 Å². The first-order valence-electron chi connectivity index (χ1n) is 7.26. The lowest BCUT2D eigenvalue weighted by atomic mass is 9.66. The Bertz CT molecular complexity index is 680. The predicted molar refractivity (Wildman–Crippen MR) is 86.4 cm³/mol. The van der Waals surface area contributed by atoms with Crippen molar-refractivity contribution in [3.8, 4) is 0 Å². The molecule has 0 unspecified atom stereocenters. The summed E-state index contributed by atoms with van der Waals surface area (Å²) in [6.45, 7) is 8.91. The van der Waals surface area contributed by atoms with E-state index in [0.29, 0.717) is 16.7 Å². The van der Waals surface area contributed by atoms with Gasteiger partial charge in [0.05, 0.1) is 0 Å².